The third kappa shape index (κ3) is 4.38. The van der Waals surface area contributed by atoms with Gasteiger partial charge in [0.25, 0.3) is 5.91 Å². The third-order valence-corrected chi connectivity index (χ3v) is 3.38. The van der Waals surface area contributed by atoms with Gasteiger partial charge in [0.15, 0.2) is 11.1 Å². The van der Waals surface area contributed by atoms with Gasteiger partial charge in [-0.1, -0.05) is 11.6 Å². The van der Waals surface area contributed by atoms with Gasteiger partial charge in [-0.3, -0.25) is 4.79 Å². The molecule has 0 aliphatic carbocycles. The summed E-state index contributed by atoms with van der Waals surface area (Å²) in [5.74, 6) is -0.291. The van der Waals surface area contributed by atoms with E-state index in [9.17, 15) is 9.00 Å². The molecular formula is C11H15ClN2O3S. The van der Waals surface area contributed by atoms with Crippen LogP contribution >= 0.6 is 11.6 Å². The van der Waals surface area contributed by atoms with Crippen LogP contribution in [0.4, 0.5) is 0 Å². The Morgan fingerprint density at radius 1 is 1.50 bits per heavy atom. The Labute approximate surface area is 113 Å². The number of hydrogen-bond donors (Lipinski definition) is 2. The van der Waals surface area contributed by atoms with Crippen molar-refractivity contribution in [3.8, 4) is 0 Å². The van der Waals surface area contributed by atoms with Gasteiger partial charge >= 0.3 is 0 Å². The van der Waals surface area contributed by atoms with Crippen LogP contribution in [0.25, 0.3) is 0 Å². The number of nitrogens with one attached hydrogen (secondary N) is 1. The highest BCUT2D eigenvalue weighted by atomic mass is 35.5. The van der Waals surface area contributed by atoms with Crippen molar-refractivity contribution in [2.45, 2.75) is 4.90 Å². The van der Waals surface area contributed by atoms with E-state index in [4.69, 9.17) is 16.2 Å². The average Bonchev–Trinajstić information content (AvgIpc) is 2.28. The molecule has 0 aromatic heterocycles. The van der Waals surface area contributed by atoms with E-state index in [1.807, 2.05) is 19.0 Å². The molecule has 0 spiro atoms. The summed E-state index contributed by atoms with van der Waals surface area (Å²) in [6.45, 7) is 1.23. The lowest BCUT2D eigenvalue weighted by molar-refractivity contribution is 0.0951. The highest BCUT2D eigenvalue weighted by molar-refractivity contribution is 7.79. The molecule has 0 aliphatic heterocycles. The molecule has 0 heterocycles. The van der Waals surface area contributed by atoms with Crippen molar-refractivity contribution in [3.63, 3.8) is 0 Å². The van der Waals surface area contributed by atoms with E-state index in [1.54, 1.807) is 0 Å². The van der Waals surface area contributed by atoms with Crippen molar-refractivity contribution in [2.75, 3.05) is 27.2 Å². The van der Waals surface area contributed by atoms with Gasteiger partial charge in [-0.2, -0.15) is 0 Å². The minimum Gasteiger partial charge on any atom is -0.351 e. The zero-order chi connectivity index (χ0) is 13.7. The second kappa shape index (κ2) is 6.84. The highest BCUT2D eigenvalue weighted by Crippen LogP contribution is 2.20. The lowest BCUT2D eigenvalue weighted by Crippen LogP contribution is -2.31. The molecule has 1 rings (SSSR count). The molecule has 5 nitrogen and oxygen atoms in total. The molecule has 1 atom stereocenters. The van der Waals surface area contributed by atoms with Crippen molar-refractivity contribution in [1.29, 1.82) is 0 Å². The lowest BCUT2D eigenvalue weighted by atomic mass is 10.2. The maximum Gasteiger partial charge on any atom is 0.251 e. The summed E-state index contributed by atoms with van der Waals surface area (Å²) in [5, 5.41) is 2.88. The van der Waals surface area contributed by atoms with E-state index < -0.39 is 11.1 Å². The summed E-state index contributed by atoms with van der Waals surface area (Å²) in [7, 11) is 3.81. The molecule has 18 heavy (non-hydrogen) atoms. The topological polar surface area (TPSA) is 69.6 Å². The van der Waals surface area contributed by atoms with Crippen LogP contribution in [0, 0.1) is 0 Å². The fourth-order valence-electron chi connectivity index (χ4n) is 1.27. The first-order valence-electron chi connectivity index (χ1n) is 5.25. The summed E-state index contributed by atoms with van der Waals surface area (Å²) in [4.78, 5) is 13.7. The summed E-state index contributed by atoms with van der Waals surface area (Å²) >= 11 is 3.55. The van der Waals surface area contributed by atoms with E-state index in [0.717, 1.165) is 6.54 Å². The third-order valence-electron chi connectivity index (χ3n) is 2.23. The second-order valence-electron chi connectivity index (χ2n) is 3.95. The van der Waals surface area contributed by atoms with Crippen LogP contribution in [-0.4, -0.2) is 46.8 Å². The van der Waals surface area contributed by atoms with Crippen molar-refractivity contribution in [1.82, 2.24) is 10.2 Å². The number of nitrogens with zero attached hydrogens (tertiary/aromatic N) is 1. The van der Waals surface area contributed by atoms with E-state index in [1.165, 1.54) is 18.2 Å². The molecule has 0 aliphatic rings. The fourth-order valence-corrected chi connectivity index (χ4v) is 2.05. The van der Waals surface area contributed by atoms with Crippen LogP contribution in [0.3, 0.4) is 0 Å². The zero-order valence-corrected chi connectivity index (χ0v) is 11.7. The van der Waals surface area contributed by atoms with Crippen molar-refractivity contribution < 1.29 is 13.6 Å². The van der Waals surface area contributed by atoms with Crippen LogP contribution in [0.5, 0.6) is 0 Å². The molecule has 2 N–H and O–H groups in total. The van der Waals surface area contributed by atoms with Gasteiger partial charge in [0.05, 0.1) is 9.92 Å². The van der Waals surface area contributed by atoms with Crippen molar-refractivity contribution in [3.05, 3.63) is 28.8 Å². The summed E-state index contributed by atoms with van der Waals surface area (Å²) in [6.07, 6.45) is 0. The number of amides is 1. The molecule has 1 amide bonds. The SMILES string of the molecule is CN(C)CCNC(=O)c1ccc(Cl)c(S(=O)O)c1. The molecule has 100 valence electrons. The van der Waals surface area contributed by atoms with Gasteiger partial charge in [-0.05, 0) is 32.3 Å². The molecule has 1 aromatic rings. The maximum atomic E-state index is 11.8. The second-order valence-corrected chi connectivity index (χ2v) is 5.30. The molecular weight excluding hydrogens is 276 g/mol. The molecule has 0 saturated heterocycles. The number of carbonyl (C=O) groups excluding carboxylic acids is 1. The molecule has 7 heteroatoms. The minimum absolute atomic E-state index is 0.0388. The van der Waals surface area contributed by atoms with E-state index in [0.29, 0.717) is 12.1 Å². The van der Waals surface area contributed by atoms with Crippen LogP contribution in [-0.2, 0) is 11.1 Å². The number of carbonyl (C=O) groups is 1. The summed E-state index contributed by atoms with van der Waals surface area (Å²) in [6, 6.07) is 4.28. The van der Waals surface area contributed by atoms with Gasteiger partial charge in [-0.15, -0.1) is 0 Å². The van der Waals surface area contributed by atoms with Crippen molar-refractivity contribution >= 4 is 28.6 Å². The predicted octanol–water partition coefficient (Wildman–Crippen LogP) is 1.21. The summed E-state index contributed by atoms with van der Waals surface area (Å²) < 4.78 is 20.0. The Morgan fingerprint density at radius 3 is 2.72 bits per heavy atom. The Hall–Kier alpha value is -0.950. The van der Waals surface area contributed by atoms with Crippen molar-refractivity contribution in [2.24, 2.45) is 0 Å². The quantitative estimate of drug-likeness (QED) is 0.800. The number of hydrogen-bond acceptors (Lipinski definition) is 3. The Bertz CT molecular complexity index is 466. The van der Waals surface area contributed by atoms with Crippen LogP contribution in [0.1, 0.15) is 10.4 Å². The van der Waals surface area contributed by atoms with Gasteiger partial charge in [0, 0.05) is 18.7 Å². The lowest BCUT2D eigenvalue weighted by Gasteiger charge is -2.10. The Balaban J connectivity index is 2.74. The predicted molar refractivity (Wildman–Crippen MR) is 71.4 cm³/mol. The molecule has 0 saturated carbocycles. The highest BCUT2D eigenvalue weighted by Gasteiger charge is 2.11. The number of benzene rings is 1. The molecule has 1 aromatic carbocycles. The van der Waals surface area contributed by atoms with Gasteiger partial charge < -0.3 is 14.8 Å². The summed E-state index contributed by atoms with van der Waals surface area (Å²) in [5.41, 5.74) is 0.315. The van der Waals surface area contributed by atoms with Gasteiger partial charge in [-0.25, -0.2) is 4.21 Å². The Morgan fingerprint density at radius 2 is 2.17 bits per heavy atom. The van der Waals surface area contributed by atoms with Crippen LogP contribution < -0.4 is 5.32 Å². The maximum absolute atomic E-state index is 11.8. The van der Waals surface area contributed by atoms with E-state index >= 15 is 0 Å². The molecule has 1 unspecified atom stereocenters. The number of likely N-dealkylation sites (N-methyl/N-ethyl adjacent to an activating group) is 1. The smallest absolute Gasteiger partial charge is 0.251 e. The van der Waals surface area contributed by atoms with Gasteiger partial charge in [0.2, 0.25) is 0 Å². The minimum atomic E-state index is -2.20. The first kappa shape index (κ1) is 15.1. The molecule has 0 fully saturated rings. The van der Waals surface area contributed by atoms with Crippen LogP contribution in [0.15, 0.2) is 23.1 Å². The van der Waals surface area contributed by atoms with Crippen LogP contribution in [0.2, 0.25) is 5.02 Å². The molecule has 0 radical (unpaired) electrons. The normalized spacial score (nSPS) is 12.5. The standard InChI is InChI=1S/C11H15ClN2O3S/c1-14(2)6-5-13-11(15)8-3-4-9(12)10(7-8)18(16)17/h3-4,7H,5-6H2,1-2H3,(H,13,15)(H,16,17). The number of halogens is 1. The monoisotopic (exact) mass is 290 g/mol. The van der Waals surface area contributed by atoms with Gasteiger partial charge in [0.1, 0.15) is 0 Å². The largest absolute Gasteiger partial charge is 0.351 e. The Kier molecular flexibility index (Phi) is 5.74. The average molecular weight is 291 g/mol. The molecule has 0 bridgehead atoms. The first-order chi connectivity index (χ1) is 8.41. The van der Waals surface area contributed by atoms with E-state index in [-0.39, 0.29) is 15.8 Å². The fraction of sp³-hybridized carbons (Fsp3) is 0.364. The number of rotatable bonds is 5. The first-order valence-corrected chi connectivity index (χ1v) is 6.73. The van der Waals surface area contributed by atoms with E-state index in [2.05, 4.69) is 5.32 Å². The zero-order valence-electron chi connectivity index (χ0n) is 10.1.